The van der Waals surface area contributed by atoms with Crippen LogP contribution in [0.15, 0.2) is 17.6 Å². The minimum absolute atomic E-state index is 0.0727. The molecule has 0 aliphatic rings. The lowest BCUT2D eigenvalue weighted by Gasteiger charge is -2.09. The van der Waals surface area contributed by atoms with Gasteiger partial charge in [-0.15, -0.1) is 0 Å². The van der Waals surface area contributed by atoms with E-state index in [4.69, 9.17) is 5.14 Å². The SMILES string of the molecule is CCn1ncnc1Cn1cc(S(N)(=O)=O)nc1C(C)C. The zero-order chi connectivity index (χ0) is 14.9. The molecule has 2 aromatic heterocycles. The molecule has 0 unspecified atom stereocenters. The highest BCUT2D eigenvalue weighted by Gasteiger charge is 2.19. The van der Waals surface area contributed by atoms with E-state index in [-0.39, 0.29) is 10.9 Å². The maximum Gasteiger partial charge on any atom is 0.257 e. The van der Waals surface area contributed by atoms with Gasteiger partial charge in [-0.1, -0.05) is 13.8 Å². The van der Waals surface area contributed by atoms with E-state index in [0.29, 0.717) is 18.9 Å². The van der Waals surface area contributed by atoms with Gasteiger partial charge in [0.1, 0.15) is 18.0 Å². The molecule has 0 aliphatic carbocycles. The second-order valence-corrected chi connectivity index (χ2v) is 6.27. The van der Waals surface area contributed by atoms with Crippen molar-refractivity contribution in [1.82, 2.24) is 24.3 Å². The molecule has 8 nitrogen and oxygen atoms in total. The summed E-state index contributed by atoms with van der Waals surface area (Å²) in [6, 6.07) is 0. The van der Waals surface area contributed by atoms with Crippen LogP contribution in [0.3, 0.4) is 0 Å². The molecule has 0 spiro atoms. The summed E-state index contributed by atoms with van der Waals surface area (Å²) in [5.41, 5.74) is 0. The average molecular weight is 298 g/mol. The van der Waals surface area contributed by atoms with Crippen molar-refractivity contribution in [2.75, 3.05) is 0 Å². The number of sulfonamides is 1. The molecule has 2 aromatic rings. The van der Waals surface area contributed by atoms with Gasteiger partial charge in [-0.2, -0.15) is 5.10 Å². The Hall–Kier alpha value is -1.74. The molecular formula is C11H18N6O2S. The maximum atomic E-state index is 11.4. The maximum absolute atomic E-state index is 11.4. The molecule has 0 saturated heterocycles. The van der Waals surface area contributed by atoms with Gasteiger partial charge < -0.3 is 4.57 Å². The molecule has 0 saturated carbocycles. The van der Waals surface area contributed by atoms with Crippen molar-refractivity contribution in [2.24, 2.45) is 5.14 Å². The lowest BCUT2D eigenvalue weighted by atomic mass is 10.2. The molecule has 9 heteroatoms. The lowest BCUT2D eigenvalue weighted by molar-refractivity contribution is 0.574. The van der Waals surface area contributed by atoms with Gasteiger partial charge in [0.2, 0.25) is 0 Å². The number of imidazole rings is 1. The first-order chi connectivity index (χ1) is 9.32. The Morgan fingerprint density at radius 2 is 2.10 bits per heavy atom. The van der Waals surface area contributed by atoms with E-state index in [1.165, 1.54) is 12.5 Å². The van der Waals surface area contributed by atoms with Crippen molar-refractivity contribution < 1.29 is 8.42 Å². The predicted molar refractivity (Wildman–Crippen MR) is 72.5 cm³/mol. The topological polar surface area (TPSA) is 109 Å². The van der Waals surface area contributed by atoms with Gasteiger partial charge in [-0.25, -0.2) is 28.2 Å². The summed E-state index contributed by atoms with van der Waals surface area (Å²) in [5, 5.41) is 9.10. The van der Waals surface area contributed by atoms with E-state index in [1.54, 1.807) is 9.25 Å². The summed E-state index contributed by atoms with van der Waals surface area (Å²) in [4.78, 5) is 8.29. The van der Waals surface area contributed by atoms with Gasteiger partial charge in [-0.3, -0.25) is 0 Å². The van der Waals surface area contributed by atoms with Gasteiger partial charge in [-0.05, 0) is 6.92 Å². The molecule has 0 amide bonds. The van der Waals surface area contributed by atoms with Gasteiger partial charge >= 0.3 is 0 Å². The largest absolute Gasteiger partial charge is 0.326 e. The monoisotopic (exact) mass is 298 g/mol. The van der Waals surface area contributed by atoms with E-state index in [0.717, 1.165) is 5.82 Å². The molecule has 2 heterocycles. The molecule has 110 valence electrons. The Kier molecular flexibility index (Phi) is 3.91. The van der Waals surface area contributed by atoms with Gasteiger partial charge in [0.05, 0.1) is 6.54 Å². The summed E-state index contributed by atoms with van der Waals surface area (Å²) < 4.78 is 26.3. The zero-order valence-electron chi connectivity index (χ0n) is 11.7. The van der Waals surface area contributed by atoms with Gasteiger partial charge in [0.15, 0.2) is 5.03 Å². The van der Waals surface area contributed by atoms with Crippen molar-refractivity contribution in [3.8, 4) is 0 Å². The van der Waals surface area contributed by atoms with Crippen LogP contribution >= 0.6 is 0 Å². The fraction of sp³-hybridized carbons (Fsp3) is 0.545. The quantitative estimate of drug-likeness (QED) is 0.854. The van der Waals surface area contributed by atoms with Crippen LogP contribution in [0.5, 0.6) is 0 Å². The first kappa shape index (κ1) is 14.7. The van der Waals surface area contributed by atoms with Crippen LogP contribution in [0.4, 0.5) is 0 Å². The molecular weight excluding hydrogens is 280 g/mol. The van der Waals surface area contributed by atoms with E-state index >= 15 is 0 Å². The van der Waals surface area contributed by atoms with E-state index in [9.17, 15) is 8.42 Å². The second kappa shape index (κ2) is 5.33. The molecule has 2 N–H and O–H groups in total. The van der Waals surface area contributed by atoms with Crippen LogP contribution in [0, 0.1) is 0 Å². The second-order valence-electron chi connectivity index (χ2n) is 4.76. The Bertz CT molecular complexity index is 700. The lowest BCUT2D eigenvalue weighted by Crippen LogP contribution is -2.12. The molecule has 0 aromatic carbocycles. The van der Waals surface area contributed by atoms with Gasteiger partial charge in [0.25, 0.3) is 10.0 Å². The zero-order valence-corrected chi connectivity index (χ0v) is 12.5. The standard InChI is InChI=1S/C11H18N6O2S/c1-4-17-9(13-7-14-17)5-16-6-10(20(12,18)19)15-11(16)8(2)3/h6-8H,4-5H2,1-3H3,(H2,12,18,19). The number of hydrogen-bond acceptors (Lipinski definition) is 5. The van der Waals surface area contributed by atoms with E-state index in [2.05, 4.69) is 15.1 Å². The number of aryl methyl sites for hydroxylation is 1. The summed E-state index contributed by atoms with van der Waals surface area (Å²) in [6.07, 6.45) is 2.92. The van der Waals surface area contributed by atoms with Crippen LogP contribution in [0.2, 0.25) is 0 Å². The first-order valence-electron chi connectivity index (χ1n) is 6.29. The fourth-order valence-corrected chi connectivity index (χ4v) is 2.45. The molecule has 0 radical (unpaired) electrons. The molecule has 0 fully saturated rings. The first-order valence-corrected chi connectivity index (χ1v) is 7.84. The van der Waals surface area contributed by atoms with Gasteiger partial charge in [0, 0.05) is 18.7 Å². The minimum atomic E-state index is -3.81. The number of nitrogens with two attached hydrogens (primary N) is 1. The van der Waals surface area contributed by atoms with Crippen molar-refractivity contribution in [3.63, 3.8) is 0 Å². The van der Waals surface area contributed by atoms with Crippen LogP contribution < -0.4 is 5.14 Å². The summed E-state index contributed by atoms with van der Waals surface area (Å²) in [6.45, 7) is 6.95. The third kappa shape index (κ3) is 2.88. The van der Waals surface area contributed by atoms with Crippen molar-refractivity contribution in [2.45, 2.75) is 44.8 Å². The number of rotatable bonds is 5. The van der Waals surface area contributed by atoms with Crippen LogP contribution in [0.25, 0.3) is 0 Å². The summed E-state index contributed by atoms with van der Waals surface area (Å²) in [5.74, 6) is 1.47. The third-order valence-electron chi connectivity index (χ3n) is 2.90. The average Bonchev–Trinajstić information content (AvgIpc) is 2.95. The Balaban J connectivity index is 2.43. The number of hydrogen-bond donors (Lipinski definition) is 1. The van der Waals surface area contributed by atoms with Crippen LogP contribution in [-0.2, 0) is 23.1 Å². The van der Waals surface area contributed by atoms with E-state index in [1.807, 2.05) is 20.8 Å². The Morgan fingerprint density at radius 1 is 1.40 bits per heavy atom. The Labute approximate surface area is 117 Å². The minimum Gasteiger partial charge on any atom is -0.326 e. The smallest absolute Gasteiger partial charge is 0.257 e. The van der Waals surface area contributed by atoms with Crippen molar-refractivity contribution >= 4 is 10.0 Å². The van der Waals surface area contributed by atoms with Crippen LogP contribution in [0.1, 0.15) is 38.3 Å². The summed E-state index contributed by atoms with van der Waals surface area (Å²) in [7, 11) is -3.81. The fourth-order valence-electron chi connectivity index (χ4n) is 1.96. The van der Waals surface area contributed by atoms with E-state index < -0.39 is 10.0 Å². The Morgan fingerprint density at radius 3 is 2.65 bits per heavy atom. The molecule has 2 rings (SSSR count). The normalized spacial score (nSPS) is 12.2. The van der Waals surface area contributed by atoms with Crippen LogP contribution in [-0.4, -0.2) is 32.7 Å². The van der Waals surface area contributed by atoms with Crippen molar-refractivity contribution in [3.05, 3.63) is 24.2 Å². The number of primary sulfonamides is 1. The molecule has 0 bridgehead atoms. The summed E-state index contributed by atoms with van der Waals surface area (Å²) >= 11 is 0. The number of nitrogens with zero attached hydrogens (tertiary/aromatic N) is 5. The molecule has 0 atom stereocenters. The van der Waals surface area contributed by atoms with Crippen molar-refractivity contribution in [1.29, 1.82) is 0 Å². The highest BCUT2D eigenvalue weighted by molar-refractivity contribution is 7.89. The molecule has 0 aliphatic heterocycles. The number of aromatic nitrogens is 5. The highest BCUT2D eigenvalue weighted by Crippen LogP contribution is 2.17. The third-order valence-corrected chi connectivity index (χ3v) is 3.68. The highest BCUT2D eigenvalue weighted by atomic mass is 32.2. The predicted octanol–water partition coefficient (Wildman–Crippen LogP) is 0.314. The molecule has 20 heavy (non-hydrogen) atoms.